The summed E-state index contributed by atoms with van der Waals surface area (Å²) in [6.45, 7) is 1.29. The highest BCUT2D eigenvalue weighted by Gasteiger charge is 2.28. The van der Waals surface area contributed by atoms with Gasteiger partial charge in [0.2, 0.25) is 0 Å². The summed E-state index contributed by atoms with van der Waals surface area (Å²) in [4.78, 5) is 4.18. The van der Waals surface area contributed by atoms with E-state index in [9.17, 15) is 8.42 Å². The third-order valence-electron chi connectivity index (χ3n) is 4.32. The molecule has 0 aromatic heterocycles. The van der Waals surface area contributed by atoms with Crippen molar-refractivity contribution in [1.29, 1.82) is 0 Å². The number of hydrogen-bond donors (Lipinski definition) is 2. The van der Waals surface area contributed by atoms with Gasteiger partial charge in [0.25, 0.3) is 0 Å². The molecule has 0 radical (unpaired) electrons. The van der Waals surface area contributed by atoms with Gasteiger partial charge in [-0.15, -0.1) is 24.0 Å². The smallest absolute Gasteiger partial charge is 0.191 e. The van der Waals surface area contributed by atoms with Crippen LogP contribution in [-0.4, -0.2) is 52.1 Å². The van der Waals surface area contributed by atoms with Crippen molar-refractivity contribution >= 4 is 39.8 Å². The molecular weight excluding hydrogens is 441 g/mol. The zero-order valence-electron chi connectivity index (χ0n) is 13.7. The van der Waals surface area contributed by atoms with Crippen LogP contribution in [0.25, 0.3) is 0 Å². The van der Waals surface area contributed by atoms with E-state index in [1.54, 1.807) is 7.05 Å². The molecule has 2 aliphatic rings. The third-order valence-corrected chi connectivity index (χ3v) is 6.16. The molecule has 3 rings (SSSR count). The van der Waals surface area contributed by atoms with Crippen molar-refractivity contribution in [2.24, 2.45) is 10.9 Å². The maximum Gasteiger partial charge on any atom is 0.191 e. The molecule has 8 heteroatoms. The topological polar surface area (TPSA) is 79.8 Å². The maximum atomic E-state index is 11.5. The fourth-order valence-corrected chi connectivity index (χ4v) is 4.93. The molecule has 0 bridgehead atoms. The Bertz CT molecular complexity index is 669. The van der Waals surface area contributed by atoms with Crippen LogP contribution in [0.1, 0.15) is 12.0 Å². The van der Waals surface area contributed by atoms with E-state index >= 15 is 0 Å². The quantitative estimate of drug-likeness (QED) is 0.397. The van der Waals surface area contributed by atoms with Gasteiger partial charge in [-0.2, -0.15) is 0 Å². The zero-order chi connectivity index (χ0) is 16.3. The first-order valence-corrected chi connectivity index (χ1v) is 9.77. The van der Waals surface area contributed by atoms with Gasteiger partial charge in [-0.05, 0) is 24.0 Å². The molecule has 2 aliphatic heterocycles. The Hall–Kier alpha value is -1.03. The molecule has 24 heavy (non-hydrogen) atoms. The highest BCUT2D eigenvalue weighted by Crippen LogP contribution is 2.27. The second-order valence-electron chi connectivity index (χ2n) is 6.15. The molecule has 1 aromatic carbocycles. The number of rotatable bonds is 4. The van der Waals surface area contributed by atoms with E-state index in [2.05, 4.69) is 21.7 Å². The van der Waals surface area contributed by atoms with Gasteiger partial charge in [-0.1, -0.05) is 18.2 Å². The maximum absolute atomic E-state index is 11.5. The molecule has 1 fully saturated rings. The molecule has 1 saturated heterocycles. The lowest BCUT2D eigenvalue weighted by molar-refractivity contribution is 0.235. The lowest BCUT2D eigenvalue weighted by Gasteiger charge is -2.17. The second-order valence-corrected chi connectivity index (χ2v) is 8.38. The Balaban J connectivity index is 0.00000208. The number of halogens is 1. The van der Waals surface area contributed by atoms with Gasteiger partial charge in [0, 0.05) is 20.0 Å². The summed E-state index contributed by atoms with van der Waals surface area (Å²) in [7, 11) is -1.11. The largest absolute Gasteiger partial charge is 0.488 e. The van der Waals surface area contributed by atoms with Crippen LogP contribution in [0.2, 0.25) is 0 Å². The molecule has 2 heterocycles. The highest BCUT2D eigenvalue weighted by molar-refractivity contribution is 14.0. The first kappa shape index (κ1) is 19.3. The van der Waals surface area contributed by atoms with Crippen LogP contribution in [0.15, 0.2) is 29.3 Å². The lowest BCUT2D eigenvalue weighted by Crippen LogP contribution is -2.43. The highest BCUT2D eigenvalue weighted by atomic mass is 127. The van der Waals surface area contributed by atoms with Gasteiger partial charge in [0.05, 0.1) is 18.1 Å². The molecule has 2 atom stereocenters. The number of sulfone groups is 1. The lowest BCUT2D eigenvalue weighted by atomic mass is 10.1. The zero-order valence-corrected chi connectivity index (χ0v) is 16.8. The average Bonchev–Trinajstić information content (AvgIpc) is 3.09. The summed E-state index contributed by atoms with van der Waals surface area (Å²) >= 11 is 0. The van der Waals surface area contributed by atoms with Crippen molar-refractivity contribution in [3.8, 4) is 5.75 Å². The number of ether oxygens (including phenoxy) is 1. The van der Waals surface area contributed by atoms with Crippen LogP contribution in [0.4, 0.5) is 0 Å². The van der Waals surface area contributed by atoms with Crippen LogP contribution in [0.3, 0.4) is 0 Å². The molecule has 0 amide bonds. The standard InChI is InChI=1S/C16H23N3O3S.HI/c1-17-16(18-9-12-6-7-23(20,21)11-12)19-10-14-8-13-4-2-3-5-15(13)22-14;/h2-5,12,14H,6-11H2,1H3,(H2,17,18,19);1H. The van der Waals surface area contributed by atoms with E-state index in [4.69, 9.17) is 4.74 Å². The fraction of sp³-hybridized carbons (Fsp3) is 0.562. The number of hydrogen-bond acceptors (Lipinski definition) is 4. The van der Waals surface area contributed by atoms with Crippen LogP contribution in [-0.2, 0) is 16.3 Å². The molecule has 1 aromatic rings. The minimum atomic E-state index is -2.83. The Morgan fingerprint density at radius 1 is 1.29 bits per heavy atom. The molecule has 0 saturated carbocycles. The number of aliphatic imine (C=N–C) groups is 1. The van der Waals surface area contributed by atoms with E-state index in [0.717, 1.165) is 18.6 Å². The summed E-state index contributed by atoms with van der Waals surface area (Å²) in [5, 5.41) is 6.47. The Kier molecular flexibility index (Phi) is 6.73. The van der Waals surface area contributed by atoms with Crippen molar-refractivity contribution < 1.29 is 13.2 Å². The van der Waals surface area contributed by atoms with Crippen molar-refractivity contribution in [3.63, 3.8) is 0 Å². The first-order valence-electron chi connectivity index (χ1n) is 7.95. The fourth-order valence-electron chi connectivity index (χ4n) is 3.07. The van der Waals surface area contributed by atoms with Crippen LogP contribution in [0, 0.1) is 5.92 Å². The van der Waals surface area contributed by atoms with E-state index in [1.165, 1.54) is 5.56 Å². The number of guanidine groups is 1. The normalized spacial score (nSPS) is 24.6. The van der Waals surface area contributed by atoms with E-state index < -0.39 is 9.84 Å². The van der Waals surface area contributed by atoms with Gasteiger partial charge in [0.1, 0.15) is 11.9 Å². The molecule has 0 spiro atoms. The predicted molar refractivity (Wildman–Crippen MR) is 106 cm³/mol. The van der Waals surface area contributed by atoms with Crippen LogP contribution >= 0.6 is 24.0 Å². The molecule has 2 unspecified atom stereocenters. The number of benzene rings is 1. The van der Waals surface area contributed by atoms with Gasteiger partial charge >= 0.3 is 0 Å². The molecular formula is C16H24IN3O3S. The van der Waals surface area contributed by atoms with Crippen LogP contribution in [0.5, 0.6) is 5.75 Å². The number of nitrogens with one attached hydrogen (secondary N) is 2. The summed E-state index contributed by atoms with van der Waals surface area (Å²) in [5.74, 6) is 2.40. The minimum absolute atomic E-state index is 0. The summed E-state index contributed by atoms with van der Waals surface area (Å²) in [6, 6.07) is 8.07. The number of para-hydroxylation sites is 1. The SMILES string of the molecule is CN=C(NCC1CCS(=O)(=O)C1)NCC1Cc2ccccc2O1.I. The van der Waals surface area contributed by atoms with E-state index in [-0.39, 0.29) is 41.8 Å². The van der Waals surface area contributed by atoms with Crippen molar-refractivity contribution in [1.82, 2.24) is 10.6 Å². The Labute approximate surface area is 160 Å². The second kappa shape index (κ2) is 8.37. The van der Waals surface area contributed by atoms with Crippen molar-refractivity contribution in [2.75, 3.05) is 31.6 Å². The third kappa shape index (κ3) is 4.98. The first-order chi connectivity index (χ1) is 11.1. The monoisotopic (exact) mass is 465 g/mol. The molecule has 6 nitrogen and oxygen atoms in total. The Morgan fingerprint density at radius 2 is 2.04 bits per heavy atom. The predicted octanol–water partition coefficient (Wildman–Crippen LogP) is 1.21. The van der Waals surface area contributed by atoms with E-state index in [0.29, 0.717) is 24.8 Å². The van der Waals surface area contributed by atoms with Gasteiger partial charge < -0.3 is 15.4 Å². The van der Waals surface area contributed by atoms with Crippen LogP contribution < -0.4 is 15.4 Å². The van der Waals surface area contributed by atoms with Gasteiger partial charge in [0.15, 0.2) is 15.8 Å². The van der Waals surface area contributed by atoms with Gasteiger partial charge in [-0.25, -0.2) is 8.42 Å². The summed E-state index contributed by atoms with van der Waals surface area (Å²) in [5.41, 5.74) is 1.23. The van der Waals surface area contributed by atoms with E-state index in [1.807, 2.05) is 18.2 Å². The molecule has 2 N–H and O–H groups in total. The average molecular weight is 465 g/mol. The van der Waals surface area contributed by atoms with Gasteiger partial charge in [-0.3, -0.25) is 4.99 Å². The van der Waals surface area contributed by atoms with Crippen molar-refractivity contribution in [3.05, 3.63) is 29.8 Å². The minimum Gasteiger partial charge on any atom is -0.488 e. The number of nitrogens with zero attached hydrogens (tertiary/aromatic N) is 1. The molecule has 0 aliphatic carbocycles. The number of fused-ring (bicyclic) bond motifs is 1. The summed E-state index contributed by atoms with van der Waals surface area (Å²) in [6.07, 6.45) is 1.71. The summed E-state index contributed by atoms with van der Waals surface area (Å²) < 4.78 is 28.8. The van der Waals surface area contributed by atoms with Crippen molar-refractivity contribution in [2.45, 2.75) is 18.9 Å². The molecule has 134 valence electrons. The Morgan fingerprint density at radius 3 is 2.71 bits per heavy atom.